The van der Waals surface area contributed by atoms with Crippen molar-refractivity contribution in [1.29, 1.82) is 0 Å². The minimum absolute atomic E-state index is 0.318. The van der Waals surface area contributed by atoms with Crippen LogP contribution in [0.4, 0.5) is 0 Å². The number of nitrogens with one attached hydrogen (secondary N) is 1. The Bertz CT molecular complexity index is 157. The first-order valence-electron chi connectivity index (χ1n) is 5.81. The van der Waals surface area contributed by atoms with Crippen LogP contribution in [0.2, 0.25) is 0 Å². The highest BCUT2D eigenvalue weighted by molar-refractivity contribution is 5.37. The van der Waals surface area contributed by atoms with Crippen molar-refractivity contribution >= 4 is 6.47 Å². The van der Waals surface area contributed by atoms with Crippen LogP contribution < -0.4 is 5.32 Å². The smallest absolute Gasteiger partial charge is 0.293 e. The molecule has 1 heterocycles. The van der Waals surface area contributed by atoms with Crippen LogP contribution in [0.3, 0.4) is 0 Å². The van der Waals surface area contributed by atoms with Crippen molar-refractivity contribution < 1.29 is 9.53 Å². The molecule has 0 bridgehead atoms. The second-order valence-corrected chi connectivity index (χ2v) is 4.93. The molecule has 90 valence electrons. The summed E-state index contributed by atoms with van der Waals surface area (Å²) in [5, 5.41) is 3.35. The van der Waals surface area contributed by atoms with Crippen molar-refractivity contribution in [3.05, 3.63) is 0 Å². The van der Waals surface area contributed by atoms with Crippen molar-refractivity contribution in [2.45, 2.75) is 52.6 Å². The summed E-state index contributed by atoms with van der Waals surface area (Å²) in [6.45, 7) is 10.7. The quantitative estimate of drug-likeness (QED) is 0.719. The van der Waals surface area contributed by atoms with Gasteiger partial charge in [-0.15, -0.1) is 0 Å². The number of ether oxygens (including phenoxy) is 1. The fourth-order valence-electron chi connectivity index (χ4n) is 1.43. The molecular formula is C12H25NO2. The highest BCUT2D eigenvalue weighted by Gasteiger charge is 2.09. The van der Waals surface area contributed by atoms with Gasteiger partial charge in [0.15, 0.2) is 0 Å². The Balaban J connectivity index is 0.000000265. The molecule has 0 radical (unpaired) electrons. The lowest BCUT2D eigenvalue weighted by atomic mass is 9.96. The molecule has 0 aromatic rings. The predicted molar refractivity (Wildman–Crippen MR) is 62.8 cm³/mol. The van der Waals surface area contributed by atoms with Crippen LogP contribution in [-0.4, -0.2) is 25.2 Å². The maximum Gasteiger partial charge on any atom is 0.293 e. The van der Waals surface area contributed by atoms with Crippen LogP contribution in [0.25, 0.3) is 0 Å². The summed E-state index contributed by atoms with van der Waals surface area (Å²) in [6, 6.07) is 0. The van der Waals surface area contributed by atoms with Gasteiger partial charge in [0.2, 0.25) is 0 Å². The average Bonchev–Trinajstić information content (AvgIpc) is 2.18. The van der Waals surface area contributed by atoms with Gasteiger partial charge >= 0.3 is 0 Å². The lowest BCUT2D eigenvalue weighted by Crippen LogP contribution is -2.27. The van der Waals surface area contributed by atoms with Crippen molar-refractivity contribution in [2.75, 3.05) is 13.1 Å². The van der Waals surface area contributed by atoms with E-state index in [4.69, 9.17) is 0 Å². The third-order valence-corrected chi connectivity index (χ3v) is 2.44. The molecule has 0 unspecified atom stereocenters. The van der Waals surface area contributed by atoms with Gasteiger partial charge in [-0.05, 0) is 52.6 Å². The normalized spacial score (nSPS) is 17.6. The van der Waals surface area contributed by atoms with E-state index in [1.54, 1.807) is 0 Å². The first-order valence-corrected chi connectivity index (χ1v) is 5.81. The molecule has 3 heteroatoms. The van der Waals surface area contributed by atoms with Crippen LogP contribution in [0, 0.1) is 5.92 Å². The Kier molecular flexibility index (Phi) is 7.39. The van der Waals surface area contributed by atoms with Gasteiger partial charge in [-0.3, -0.25) is 4.79 Å². The van der Waals surface area contributed by atoms with E-state index >= 15 is 0 Å². The molecule has 0 aromatic heterocycles. The van der Waals surface area contributed by atoms with E-state index in [1.165, 1.54) is 32.4 Å². The Hall–Kier alpha value is -0.570. The number of carbonyl (C=O) groups excluding carboxylic acids is 1. The third kappa shape index (κ3) is 9.73. The molecule has 1 rings (SSSR count). The zero-order valence-corrected chi connectivity index (χ0v) is 10.5. The molecule has 1 N–H and O–H groups in total. The molecule has 1 saturated heterocycles. The number of hydrogen-bond acceptors (Lipinski definition) is 3. The summed E-state index contributed by atoms with van der Waals surface area (Å²) in [5.41, 5.74) is -0.318. The number of piperidine rings is 1. The van der Waals surface area contributed by atoms with Crippen molar-refractivity contribution in [2.24, 2.45) is 5.92 Å². The molecule has 15 heavy (non-hydrogen) atoms. The first kappa shape index (κ1) is 14.4. The fraction of sp³-hybridized carbons (Fsp3) is 0.917. The number of hydrogen-bond donors (Lipinski definition) is 1. The summed E-state index contributed by atoms with van der Waals surface area (Å²) in [5.74, 6) is 1.02. The summed E-state index contributed by atoms with van der Waals surface area (Å²) in [7, 11) is 0. The van der Waals surface area contributed by atoms with Gasteiger partial charge in [-0.25, -0.2) is 0 Å². The average molecular weight is 215 g/mol. The van der Waals surface area contributed by atoms with Gasteiger partial charge in [0.1, 0.15) is 5.60 Å². The summed E-state index contributed by atoms with van der Waals surface area (Å²) < 4.78 is 4.55. The van der Waals surface area contributed by atoms with E-state index in [0.29, 0.717) is 6.47 Å². The van der Waals surface area contributed by atoms with Crippen LogP contribution in [0.5, 0.6) is 0 Å². The molecule has 1 aliphatic heterocycles. The van der Waals surface area contributed by atoms with Crippen LogP contribution in [-0.2, 0) is 9.53 Å². The molecule has 0 aliphatic carbocycles. The molecule has 0 saturated carbocycles. The van der Waals surface area contributed by atoms with E-state index < -0.39 is 0 Å². The van der Waals surface area contributed by atoms with Gasteiger partial charge in [0, 0.05) is 0 Å². The van der Waals surface area contributed by atoms with Gasteiger partial charge < -0.3 is 10.1 Å². The van der Waals surface area contributed by atoms with E-state index in [2.05, 4.69) is 17.0 Å². The minimum Gasteiger partial charge on any atom is -0.462 e. The summed E-state index contributed by atoms with van der Waals surface area (Å²) in [4.78, 5) is 9.60. The van der Waals surface area contributed by atoms with E-state index in [9.17, 15) is 4.79 Å². The topological polar surface area (TPSA) is 38.3 Å². The molecular weight excluding hydrogens is 190 g/mol. The van der Waals surface area contributed by atoms with Gasteiger partial charge in [-0.2, -0.15) is 0 Å². The lowest BCUT2D eigenvalue weighted by molar-refractivity contribution is -0.138. The lowest BCUT2D eigenvalue weighted by Gasteiger charge is -2.20. The van der Waals surface area contributed by atoms with E-state index in [1.807, 2.05) is 20.8 Å². The first-order chi connectivity index (χ1) is 6.99. The zero-order valence-electron chi connectivity index (χ0n) is 10.5. The minimum atomic E-state index is -0.318. The summed E-state index contributed by atoms with van der Waals surface area (Å²) >= 11 is 0. The largest absolute Gasteiger partial charge is 0.462 e. The Labute approximate surface area is 93.6 Å². The maximum atomic E-state index is 9.60. The Morgan fingerprint density at radius 3 is 2.07 bits per heavy atom. The second-order valence-electron chi connectivity index (χ2n) is 4.93. The molecule has 0 aromatic carbocycles. The second kappa shape index (κ2) is 7.69. The maximum absolute atomic E-state index is 9.60. The molecule has 0 amide bonds. The van der Waals surface area contributed by atoms with E-state index in [-0.39, 0.29) is 5.60 Å². The van der Waals surface area contributed by atoms with Crippen molar-refractivity contribution in [1.82, 2.24) is 5.32 Å². The van der Waals surface area contributed by atoms with Crippen LogP contribution >= 0.6 is 0 Å². The Morgan fingerprint density at radius 2 is 1.87 bits per heavy atom. The third-order valence-electron chi connectivity index (χ3n) is 2.44. The number of carbonyl (C=O) groups is 1. The Morgan fingerprint density at radius 1 is 1.33 bits per heavy atom. The highest BCUT2D eigenvalue weighted by Crippen LogP contribution is 2.13. The number of rotatable bonds is 2. The fourth-order valence-corrected chi connectivity index (χ4v) is 1.43. The SMILES string of the molecule is CC(C)(C)OC=O.CCC1CCNCC1. The molecule has 0 atom stereocenters. The molecule has 1 aliphatic rings. The highest BCUT2D eigenvalue weighted by atomic mass is 16.5. The zero-order chi connectivity index (χ0) is 11.7. The van der Waals surface area contributed by atoms with E-state index in [0.717, 1.165) is 5.92 Å². The molecule has 1 fully saturated rings. The monoisotopic (exact) mass is 215 g/mol. The molecule has 3 nitrogen and oxygen atoms in total. The van der Waals surface area contributed by atoms with Crippen molar-refractivity contribution in [3.63, 3.8) is 0 Å². The van der Waals surface area contributed by atoms with Gasteiger partial charge in [0.25, 0.3) is 6.47 Å². The molecule has 0 spiro atoms. The van der Waals surface area contributed by atoms with Crippen LogP contribution in [0.15, 0.2) is 0 Å². The predicted octanol–water partition coefficient (Wildman–Crippen LogP) is 2.35. The van der Waals surface area contributed by atoms with Crippen molar-refractivity contribution in [3.8, 4) is 0 Å². The van der Waals surface area contributed by atoms with Gasteiger partial charge in [-0.1, -0.05) is 13.3 Å². The van der Waals surface area contributed by atoms with Crippen LogP contribution in [0.1, 0.15) is 47.0 Å². The summed E-state index contributed by atoms with van der Waals surface area (Å²) in [6.07, 6.45) is 4.18. The standard InChI is InChI=1S/C7H15N.C5H10O2/c1-2-7-3-5-8-6-4-7;1-5(2,3)7-4-6/h7-8H,2-6H2,1H3;4H,1-3H3. The van der Waals surface area contributed by atoms with Gasteiger partial charge in [0.05, 0.1) is 0 Å².